The fraction of sp³-hybridized carbons (Fsp3) is 0.750. The molecule has 0 N–H and O–H groups in total. The predicted molar refractivity (Wildman–Crippen MR) is 63.3 cm³/mol. The average molecular weight is 199 g/mol. The molecule has 1 aliphatic rings. The Kier molecular flexibility index (Phi) is 9.84. The van der Waals surface area contributed by atoms with E-state index in [0.29, 0.717) is 0 Å². The number of rotatable bonds is 1. The summed E-state index contributed by atoms with van der Waals surface area (Å²) in [6, 6.07) is 0. The van der Waals surface area contributed by atoms with Crippen molar-refractivity contribution in [3.8, 4) is 0 Å². The lowest BCUT2D eigenvalue weighted by molar-refractivity contribution is -0.127. The lowest BCUT2D eigenvalue weighted by atomic mass is 9.99. The molecule has 0 bridgehead atoms. The second-order valence-corrected chi connectivity index (χ2v) is 3.21. The normalized spacial score (nSPS) is 16.1. The Labute approximate surface area is 89.0 Å². The predicted octanol–water partition coefficient (Wildman–Crippen LogP) is 3.09. The van der Waals surface area contributed by atoms with Gasteiger partial charge in [-0.2, -0.15) is 0 Å². The number of likely N-dealkylation sites (tertiary alicyclic amines) is 1. The highest BCUT2D eigenvalue weighted by molar-refractivity contribution is 5.87. The van der Waals surface area contributed by atoms with Gasteiger partial charge in [-0.3, -0.25) is 4.79 Å². The topological polar surface area (TPSA) is 20.3 Å². The van der Waals surface area contributed by atoms with Crippen LogP contribution in [-0.2, 0) is 4.79 Å². The third-order valence-electron chi connectivity index (χ3n) is 2.27. The Morgan fingerprint density at radius 1 is 1.36 bits per heavy atom. The highest BCUT2D eigenvalue weighted by Gasteiger charge is 2.17. The summed E-state index contributed by atoms with van der Waals surface area (Å²) < 4.78 is 0. The molecule has 1 amide bonds. The molecule has 1 heterocycles. The van der Waals surface area contributed by atoms with Crippen molar-refractivity contribution in [3.63, 3.8) is 0 Å². The highest BCUT2D eigenvalue weighted by Crippen LogP contribution is 2.15. The Morgan fingerprint density at radius 3 is 2.14 bits per heavy atom. The molecule has 1 fully saturated rings. The summed E-state index contributed by atoms with van der Waals surface area (Å²) in [6.45, 7) is 11.5. The SMILES string of the molecule is C.C=CC(=O)N1CCC(C)CC1.CC. The number of hydrogen-bond donors (Lipinski definition) is 0. The maximum atomic E-state index is 11.1. The number of carbonyl (C=O) groups excluding carboxylic acids is 1. The number of amides is 1. The molecule has 2 heteroatoms. The van der Waals surface area contributed by atoms with Gasteiger partial charge in [0.2, 0.25) is 5.91 Å². The monoisotopic (exact) mass is 199 g/mol. The molecular formula is C12H25NO. The van der Waals surface area contributed by atoms with Gasteiger partial charge in [-0.05, 0) is 24.8 Å². The summed E-state index contributed by atoms with van der Waals surface area (Å²) in [6.07, 6.45) is 3.68. The Hall–Kier alpha value is -0.790. The zero-order chi connectivity index (χ0) is 10.3. The summed E-state index contributed by atoms with van der Waals surface area (Å²) in [5, 5.41) is 0. The zero-order valence-electron chi connectivity index (χ0n) is 9.05. The van der Waals surface area contributed by atoms with E-state index in [0.717, 1.165) is 31.8 Å². The van der Waals surface area contributed by atoms with Gasteiger partial charge in [0.05, 0.1) is 0 Å². The van der Waals surface area contributed by atoms with Crippen LogP contribution in [0.2, 0.25) is 0 Å². The van der Waals surface area contributed by atoms with Gasteiger partial charge in [-0.25, -0.2) is 0 Å². The van der Waals surface area contributed by atoms with Crippen LogP contribution in [0.25, 0.3) is 0 Å². The van der Waals surface area contributed by atoms with Crippen molar-refractivity contribution in [1.29, 1.82) is 0 Å². The van der Waals surface area contributed by atoms with E-state index in [-0.39, 0.29) is 13.3 Å². The van der Waals surface area contributed by atoms with Gasteiger partial charge in [0.15, 0.2) is 0 Å². The zero-order valence-corrected chi connectivity index (χ0v) is 9.05. The van der Waals surface area contributed by atoms with E-state index in [1.54, 1.807) is 0 Å². The number of hydrogen-bond acceptors (Lipinski definition) is 1. The highest BCUT2D eigenvalue weighted by atomic mass is 16.2. The van der Waals surface area contributed by atoms with Gasteiger partial charge in [0, 0.05) is 13.1 Å². The minimum atomic E-state index is 0. The van der Waals surface area contributed by atoms with Crippen molar-refractivity contribution in [3.05, 3.63) is 12.7 Å². The summed E-state index contributed by atoms with van der Waals surface area (Å²) >= 11 is 0. The van der Waals surface area contributed by atoms with Crippen LogP contribution in [0.3, 0.4) is 0 Å². The molecule has 0 radical (unpaired) electrons. The molecule has 0 aromatic rings. The third kappa shape index (κ3) is 5.05. The summed E-state index contributed by atoms with van der Waals surface area (Å²) in [5.74, 6) is 0.862. The molecule has 0 aliphatic carbocycles. The minimum Gasteiger partial charge on any atom is -0.339 e. The summed E-state index contributed by atoms with van der Waals surface area (Å²) in [7, 11) is 0. The van der Waals surface area contributed by atoms with Crippen molar-refractivity contribution in [1.82, 2.24) is 4.90 Å². The standard InChI is InChI=1S/C9H15NO.C2H6.CH4/c1-3-9(11)10-6-4-8(2)5-7-10;1-2;/h3,8H,1,4-7H2,2H3;1-2H3;1H4. The Balaban J connectivity index is 0. The van der Waals surface area contributed by atoms with E-state index in [1.807, 2.05) is 18.7 Å². The van der Waals surface area contributed by atoms with E-state index in [9.17, 15) is 4.79 Å². The van der Waals surface area contributed by atoms with Crippen LogP contribution in [0.15, 0.2) is 12.7 Å². The van der Waals surface area contributed by atoms with Crippen molar-refractivity contribution < 1.29 is 4.79 Å². The van der Waals surface area contributed by atoms with Crippen molar-refractivity contribution >= 4 is 5.91 Å². The molecule has 1 aliphatic heterocycles. The molecule has 0 atom stereocenters. The fourth-order valence-electron chi connectivity index (χ4n) is 1.36. The average Bonchev–Trinajstić information content (AvgIpc) is 2.21. The maximum Gasteiger partial charge on any atom is 0.245 e. The lowest BCUT2D eigenvalue weighted by Crippen LogP contribution is -2.36. The van der Waals surface area contributed by atoms with Crippen LogP contribution in [0.1, 0.15) is 41.0 Å². The molecule has 0 aromatic carbocycles. The second-order valence-electron chi connectivity index (χ2n) is 3.21. The number of nitrogens with zero attached hydrogens (tertiary/aromatic N) is 1. The Bertz CT molecular complexity index is 158. The van der Waals surface area contributed by atoms with Crippen LogP contribution >= 0.6 is 0 Å². The first-order valence-electron chi connectivity index (χ1n) is 5.15. The first-order chi connectivity index (χ1) is 6.24. The van der Waals surface area contributed by atoms with Crippen molar-refractivity contribution in [2.45, 2.75) is 41.0 Å². The first-order valence-corrected chi connectivity index (χ1v) is 5.15. The van der Waals surface area contributed by atoms with Gasteiger partial charge in [-0.15, -0.1) is 0 Å². The Morgan fingerprint density at radius 2 is 1.79 bits per heavy atom. The van der Waals surface area contributed by atoms with Gasteiger partial charge in [-0.1, -0.05) is 34.8 Å². The fourth-order valence-corrected chi connectivity index (χ4v) is 1.36. The van der Waals surface area contributed by atoms with Gasteiger partial charge in [0.25, 0.3) is 0 Å². The second kappa shape index (κ2) is 8.79. The quantitative estimate of drug-likeness (QED) is 0.594. The van der Waals surface area contributed by atoms with E-state index in [2.05, 4.69) is 13.5 Å². The van der Waals surface area contributed by atoms with E-state index < -0.39 is 0 Å². The smallest absolute Gasteiger partial charge is 0.245 e. The number of piperidine rings is 1. The molecule has 0 aromatic heterocycles. The lowest BCUT2D eigenvalue weighted by Gasteiger charge is -2.29. The molecule has 1 saturated heterocycles. The first kappa shape index (κ1) is 15.7. The van der Waals surface area contributed by atoms with Crippen LogP contribution in [0.4, 0.5) is 0 Å². The van der Waals surface area contributed by atoms with Crippen molar-refractivity contribution in [2.24, 2.45) is 5.92 Å². The molecule has 0 spiro atoms. The molecule has 2 nitrogen and oxygen atoms in total. The maximum absolute atomic E-state index is 11.1. The summed E-state index contributed by atoms with van der Waals surface area (Å²) in [4.78, 5) is 12.9. The minimum absolute atomic E-state index is 0. The molecule has 0 unspecified atom stereocenters. The molecule has 1 rings (SSSR count). The van der Waals surface area contributed by atoms with E-state index in [4.69, 9.17) is 0 Å². The largest absolute Gasteiger partial charge is 0.339 e. The third-order valence-corrected chi connectivity index (χ3v) is 2.27. The van der Waals surface area contributed by atoms with Gasteiger partial charge in [0.1, 0.15) is 0 Å². The van der Waals surface area contributed by atoms with Crippen LogP contribution in [-0.4, -0.2) is 23.9 Å². The number of carbonyl (C=O) groups is 1. The molecule has 84 valence electrons. The molecule has 0 saturated carbocycles. The molecular weight excluding hydrogens is 174 g/mol. The van der Waals surface area contributed by atoms with E-state index in [1.165, 1.54) is 6.08 Å². The van der Waals surface area contributed by atoms with Crippen molar-refractivity contribution in [2.75, 3.05) is 13.1 Å². The van der Waals surface area contributed by atoms with Crippen LogP contribution in [0, 0.1) is 5.92 Å². The van der Waals surface area contributed by atoms with Gasteiger partial charge >= 0.3 is 0 Å². The van der Waals surface area contributed by atoms with E-state index >= 15 is 0 Å². The van der Waals surface area contributed by atoms with Crippen LogP contribution in [0.5, 0.6) is 0 Å². The van der Waals surface area contributed by atoms with Gasteiger partial charge < -0.3 is 4.90 Å². The molecule has 14 heavy (non-hydrogen) atoms. The summed E-state index contributed by atoms with van der Waals surface area (Å²) in [5.41, 5.74) is 0. The van der Waals surface area contributed by atoms with Crippen LogP contribution < -0.4 is 0 Å².